The monoisotopic (exact) mass is 316 g/mol. The molecule has 6 heteroatoms. The summed E-state index contributed by atoms with van der Waals surface area (Å²) in [5, 5.41) is 0. The lowest BCUT2D eigenvalue weighted by Crippen LogP contribution is -2.38. The van der Waals surface area contributed by atoms with E-state index in [1.165, 1.54) is 0 Å². The van der Waals surface area contributed by atoms with Crippen LogP contribution in [0.4, 0.5) is 0 Å². The van der Waals surface area contributed by atoms with Gasteiger partial charge in [-0.3, -0.25) is 9.69 Å². The van der Waals surface area contributed by atoms with Crippen LogP contribution in [0.5, 0.6) is 0 Å². The highest BCUT2D eigenvalue weighted by Gasteiger charge is 2.28. The van der Waals surface area contributed by atoms with Crippen LogP contribution in [0.15, 0.2) is 21.7 Å². The molecule has 0 aromatic carbocycles. The summed E-state index contributed by atoms with van der Waals surface area (Å²) in [5.74, 6) is 1.62. The Morgan fingerprint density at radius 1 is 1.30 bits per heavy atom. The number of oxazole rings is 1. The van der Waals surface area contributed by atoms with Gasteiger partial charge in [-0.05, 0) is 13.3 Å². The number of hydrogen-bond donors (Lipinski definition) is 0. The predicted octanol–water partition coefficient (Wildman–Crippen LogP) is 2.19. The summed E-state index contributed by atoms with van der Waals surface area (Å²) >= 11 is 0. The quantitative estimate of drug-likeness (QED) is 0.850. The van der Waals surface area contributed by atoms with E-state index < -0.39 is 0 Å². The average Bonchev–Trinajstić information content (AvgIpc) is 3.00. The highest BCUT2D eigenvalue weighted by Crippen LogP contribution is 2.29. The molecule has 0 saturated carbocycles. The minimum Gasteiger partial charge on any atom is -0.443 e. The van der Waals surface area contributed by atoms with Gasteiger partial charge in [0.15, 0.2) is 0 Å². The minimum atomic E-state index is -0.0484. The Balaban J connectivity index is 1.82. The summed E-state index contributed by atoms with van der Waals surface area (Å²) in [4.78, 5) is 23.3. The molecule has 2 aromatic rings. The summed E-state index contributed by atoms with van der Waals surface area (Å²) in [5.41, 5.74) is 1.72. The molecule has 3 rings (SSSR count). The van der Waals surface area contributed by atoms with Crippen LogP contribution in [0.25, 0.3) is 0 Å². The van der Waals surface area contributed by atoms with Gasteiger partial charge >= 0.3 is 0 Å². The van der Waals surface area contributed by atoms with E-state index in [0.717, 1.165) is 29.5 Å². The van der Waals surface area contributed by atoms with Crippen LogP contribution in [-0.2, 0) is 25.4 Å². The number of nitrogens with zero attached hydrogens (tertiary/aromatic N) is 4. The highest BCUT2D eigenvalue weighted by molar-refractivity contribution is 5.20. The van der Waals surface area contributed by atoms with E-state index in [1.807, 2.05) is 6.20 Å². The second-order valence-corrected chi connectivity index (χ2v) is 7.30. The standard InChI is InChI=1S/C17H24N4O2/c1-11(15-18-8-14(23-15)17(2,3)4)21-7-6-12-13(9-21)19-10-20(5)16(12)22/h8,10-11H,6-7,9H2,1-5H3. The second kappa shape index (κ2) is 5.60. The van der Waals surface area contributed by atoms with Crippen LogP contribution in [0.1, 0.15) is 56.6 Å². The molecular formula is C17H24N4O2. The number of aromatic nitrogens is 3. The predicted molar refractivity (Wildman–Crippen MR) is 87.2 cm³/mol. The Hall–Kier alpha value is -1.95. The fraction of sp³-hybridized carbons (Fsp3) is 0.588. The van der Waals surface area contributed by atoms with Crippen LogP contribution >= 0.6 is 0 Å². The maximum absolute atomic E-state index is 12.1. The van der Waals surface area contributed by atoms with Gasteiger partial charge in [0.25, 0.3) is 5.56 Å². The lowest BCUT2D eigenvalue weighted by atomic mass is 9.94. The van der Waals surface area contributed by atoms with Crippen molar-refractivity contribution in [2.45, 2.75) is 52.1 Å². The molecule has 1 atom stereocenters. The first-order chi connectivity index (χ1) is 10.8. The zero-order valence-corrected chi connectivity index (χ0v) is 14.5. The molecule has 1 unspecified atom stereocenters. The lowest BCUT2D eigenvalue weighted by molar-refractivity contribution is 0.159. The molecule has 0 fully saturated rings. The van der Waals surface area contributed by atoms with Crippen molar-refractivity contribution in [2.24, 2.45) is 7.05 Å². The van der Waals surface area contributed by atoms with E-state index >= 15 is 0 Å². The third-order valence-corrected chi connectivity index (χ3v) is 4.48. The van der Waals surface area contributed by atoms with Gasteiger partial charge in [-0.2, -0.15) is 0 Å². The van der Waals surface area contributed by atoms with Crippen molar-refractivity contribution in [1.29, 1.82) is 0 Å². The summed E-state index contributed by atoms with van der Waals surface area (Å²) in [6, 6.07) is 0.0603. The summed E-state index contributed by atoms with van der Waals surface area (Å²) < 4.78 is 7.50. The minimum absolute atomic E-state index is 0.0484. The first kappa shape index (κ1) is 15.9. The van der Waals surface area contributed by atoms with Crippen molar-refractivity contribution in [1.82, 2.24) is 19.4 Å². The fourth-order valence-corrected chi connectivity index (χ4v) is 2.85. The van der Waals surface area contributed by atoms with Crippen LogP contribution in [0.2, 0.25) is 0 Å². The smallest absolute Gasteiger partial charge is 0.256 e. The normalized spacial score (nSPS) is 17.1. The Morgan fingerprint density at radius 2 is 2.04 bits per heavy atom. The Kier molecular flexibility index (Phi) is 3.88. The van der Waals surface area contributed by atoms with Gasteiger partial charge in [-0.1, -0.05) is 20.8 Å². The summed E-state index contributed by atoms with van der Waals surface area (Å²) in [6.07, 6.45) is 4.13. The molecule has 3 heterocycles. The van der Waals surface area contributed by atoms with Crippen molar-refractivity contribution in [3.8, 4) is 0 Å². The zero-order chi connectivity index (χ0) is 16.8. The molecule has 0 bridgehead atoms. The van der Waals surface area contributed by atoms with Crippen LogP contribution in [0, 0.1) is 0 Å². The Bertz CT molecular complexity index is 770. The second-order valence-electron chi connectivity index (χ2n) is 7.30. The average molecular weight is 316 g/mol. The summed E-state index contributed by atoms with van der Waals surface area (Å²) in [6.45, 7) is 9.88. The van der Waals surface area contributed by atoms with E-state index in [2.05, 4.69) is 42.6 Å². The Labute approximate surface area is 136 Å². The van der Waals surface area contributed by atoms with Gasteiger partial charge in [0.05, 0.1) is 24.3 Å². The van der Waals surface area contributed by atoms with Crippen LogP contribution < -0.4 is 5.56 Å². The van der Waals surface area contributed by atoms with Gasteiger partial charge in [0, 0.05) is 31.1 Å². The third-order valence-electron chi connectivity index (χ3n) is 4.48. The maximum atomic E-state index is 12.1. The van der Waals surface area contributed by atoms with E-state index in [1.54, 1.807) is 17.9 Å². The van der Waals surface area contributed by atoms with Crippen molar-refractivity contribution in [3.63, 3.8) is 0 Å². The van der Waals surface area contributed by atoms with Crippen molar-refractivity contribution in [3.05, 3.63) is 45.8 Å². The van der Waals surface area contributed by atoms with E-state index in [9.17, 15) is 4.79 Å². The van der Waals surface area contributed by atoms with Gasteiger partial charge in [0.2, 0.25) is 5.89 Å². The molecule has 124 valence electrons. The van der Waals surface area contributed by atoms with Gasteiger partial charge in [-0.15, -0.1) is 0 Å². The summed E-state index contributed by atoms with van der Waals surface area (Å²) in [7, 11) is 1.74. The third kappa shape index (κ3) is 2.95. The van der Waals surface area contributed by atoms with Gasteiger partial charge in [-0.25, -0.2) is 9.97 Å². The molecule has 0 spiro atoms. The molecule has 1 aliphatic rings. The molecule has 0 saturated heterocycles. The van der Waals surface area contributed by atoms with E-state index in [0.29, 0.717) is 13.0 Å². The van der Waals surface area contributed by atoms with Crippen molar-refractivity contribution in [2.75, 3.05) is 6.54 Å². The molecule has 0 radical (unpaired) electrons. The Morgan fingerprint density at radius 3 is 2.70 bits per heavy atom. The molecule has 1 aliphatic heterocycles. The maximum Gasteiger partial charge on any atom is 0.256 e. The van der Waals surface area contributed by atoms with E-state index in [4.69, 9.17) is 4.42 Å². The van der Waals surface area contributed by atoms with Crippen molar-refractivity contribution < 1.29 is 4.42 Å². The highest BCUT2D eigenvalue weighted by atomic mass is 16.4. The van der Waals surface area contributed by atoms with E-state index in [-0.39, 0.29) is 17.0 Å². The number of fused-ring (bicyclic) bond motifs is 1. The SMILES string of the molecule is CC(c1ncc(C(C)(C)C)o1)N1CCc2c(ncn(C)c2=O)C1. The number of aryl methyl sites for hydroxylation is 1. The molecular weight excluding hydrogens is 292 g/mol. The number of hydrogen-bond acceptors (Lipinski definition) is 5. The molecule has 2 aromatic heterocycles. The molecule has 23 heavy (non-hydrogen) atoms. The van der Waals surface area contributed by atoms with Gasteiger partial charge in [0.1, 0.15) is 5.76 Å². The number of rotatable bonds is 2. The largest absolute Gasteiger partial charge is 0.443 e. The van der Waals surface area contributed by atoms with Gasteiger partial charge < -0.3 is 8.98 Å². The molecule has 0 N–H and O–H groups in total. The molecule has 0 amide bonds. The molecule has 0 aliphatic carbocycles. The van der Waals surface area contributed by atoms with Crippen LogP contribution in [0.3, 0.4) is 0 Å². The topological polar surface area (TPSA) is 64.2 Å². The van der Waals surface area contributed by atoms with Crippen molar-refractivity contribution >= 4 is 0 Å². The first-order valence-electron chi connectivity index (χ1n) is 8.01. The first-order valence-corrected chi connectivity index (χ1v) is 8.01. The molecule has 6 nitrogen and oxygen atoms in total. The lowest BCUT2D eigenvalue weighted by Gasteiger charge is -2.31. The zero-order valence-electron chi connectivity index (χ0n) is 14.5. The fourth-order valence-electron chi connectivity index (χ4n) is 2.85. The van der Waals surface area contributed by atoms with Crippen LogP contribution in [-0.4, -0.2) is 26.0 Å².